The molecule has 1 unspecified atom stereocenters. The summed E-state index contributed by atoms with van der Waals surface area (Å²) < 4.78 is 14.2. The second kappa shape index (κ2) is 8.38. The topological polar surface area (TPSA) is 88.1 Å². The van der Waals surface area contributed by atoms with Crippen LogP contribution >= 0.6 is 39.3 Å². The van der Waals surface area contributed by atoms with Gasteiger partial charge in [0.05, 0.1) is 6.04 Å². The van der Waals surface area contributed by atoms with E-state index >= 15 is 0 Å². The molecule has 0 amide bonds. The van der Waals surface area contributed by atoms with Gasteiger partial charge in [-0.15, -0.1) is 0 Å². The standard InChI is InChI=1S/C23H19BrClN5O2S/c24-15-8-16-17(32-11-31-16)9-18(15)33-23-29-19-21(26)27-10-28-22(19)30(23)20(12-2-1-3-12)13-4-6-14(25)7-5-13/h4-10,12,20H,1-3,11H2,(H2,26,27,28). The first-order valence-corrected chi connectivity index (χ1v) is 12.6. The monoisotopic (exact) mass is 543 g/mol. The fraction of sp³-hybridized carbons (Fsp3) is 0.261. The van der Waals surface area contributed by atoms with Crippen LogP contribution in [0, 0.1) is 5.92 Å². The number of nitrogens with two attached hydrogens (primary N) is 1. The first-order chi connectivity index (χ1) is 16.1. The third-order valence-corrected chi connectivity index (χ3v) is 8.39. The minimum absolute atomic E-state index is 0.0607. The summed E-state index contributed by atoms with van der Waals surface area (Å²) in [6.45, 7) is 0.223. The summed E-state index contributed by atoms with van der Waals surface area (Å²) in [5.41, 5.74) is 8.73. The van der Waals surface area contributed by atoms with Crippen LogP contribution in [0.3, 0.4) is 0 Å². The van der Waals surface area contributed by atoms with E-state index in [1.165, 1.54) is 30.1 Å². The molecule has 0 radical (unpaired) electrons. The molecule has 0 saturated heterocycles. The Morgan fingerprint density at radius 3 is 2.61 bits per heavy atom. The van der Waals surface area contributed by atoms with Gasteiger partial charge >= 0.3 is 0 Å². The highest BCUT2D eigenvalue weighted by Crippen LogP contribution is 2.47. The molecule has 4 aromatic rings. The van der Waals surface area contributed by atoms with Crippen LogP contribution in [0.25, 0.3) is 11.2 Å². The molecule has 0 spiro atoms. The zero-order valence-corrected chi connectivity index (χ0v) is 20.5. The fourth-order valence-electron chi connectivity index (χ4n) is 4.35. The fourth-order valence-corrected chi connectivity index (χ4v) is 6.00. The van der Waals surface area contributed by atoms with Crippen molar-refractivity contribution in [3.05, 3.63) is 57.8 Å². The van der Waals surface area contributed by atoms with Crippen LogP contribution < -0.4 is 15.2 Å². The van der Waals surface area contributed by atoms with Gasteiger partial charge in [-0.1, -0.05) is 41.9 Å². The highest BCUT2D eigenvalue weighted by Gasteiger charge is 2.34. The summed E-state index contributed by atoms with van der Waals surface area (Å²) in [4.78, 5) is 14.6. The lowest BCUT2D eigenvalue weighted by Gasteiger charge is -2.35. The Morgan fingerprint density at radius 1 is 1.12 bits per heavy atom. The van der Waals surface area contributed by atoms with E-state index in [1.807, 2.05) is 24.3 Å². The first-order valence-electron chi connectivity index (χ1n) is 10.6. The summed E-state index contributed by atoms with van der Waals surface area (Å²) in [5, 5.41) is 1.51. The van der Waals surface area contributed by atoms with Gasteiger partial charge in [0.1, 0.15) is 6.33 Å². The number of aromatic nitrogens is 4. The highest BCUT2D eigenvalue weighted by molar-refractivity contribution is 9.10. The lowest BCUT2D eigenvalue weighted by Crippen LogP contribution is -2.27. The number of hydrogen-bond acceptors (Lipinski definition) is 7. The predicted octanol–water partition coefficient (Wildman–Crippen LogP) is 6.09. The number of halogens is 2. The quantitative estimate of drug-likeness (QED) is 0.325. The third-order valence-electron chi connectivity index (χ3n) is 6.19. The van der Waals surface area contributed by atoms with Gasteiger partial charge in [0, 0.05) is 14.4 Å². The van der Waals surface area contributed by atoms with Crippen LogP contribution in [-0.4, -0.2) is 26.3 Å². The Hall–Kier alpha value is -2.49. The van der Waals surface area contributed by atoms with Crippen molar-refractivity contribution in [2.24, 2.45) is 5.92 Å². The van der Waals surface area contributed by atoms with Crippen molar-refractivity contribution in [2.75, 3.05) is 12.5 Å². The van der Waals surface area contributed by atoms with Gasteiger partial charge in [-0.25, -0.2) is 15.0 Å². The lowest BCUT2D eigenvalue weighted by atomic mass is 9.77. The largest absolute Gasteiger partial charge is 0.454 e. The van der Waals surface area contributed by atoms with Gasteiger partial charge in [-0.3, -0.25) is 4.57 Å². The molecule has 1 saturated carbocycles. The van der Waals surface area contributed by atoms with E-state index in [0.29, 0.717) is 22.3 Å². The number of benzene rings is 2. The number of fused-ring (bicyclic) bond motifs is 2. The number of imidazole rings is 1. The summed E-state index contributed by atoms with van der Waals surface area (Å²) in [6, 6.07) is 12.0. The number of hydrogen-bond donors (Lipinski definition) is 1. The van der Waals surface area contributed by atoms with Gasteiger partial charge in [-0.2, -0.15) is 0 Å². The molecular formula is C23H19BrClN5O2S. The second-order valence-corrected chi connectivity index (χ2v) is 10.4. The minimum atomic E-state index is 0.0607. The molecule has 1 aliphatic carbocycles. The average Bonchev–Trinajstić information content (AvgIpc) is 3.36. The van der Waals surface area contributed by atoms with E-state index in [2.05, 4.69) is 42.6 Å². The van der Waals surface area contributed by atoms with E-state index in [1.54, 1.807) is 0 Å². The Balaban J connectivity index is 1.53. The summed E-state index contributed by atoms with van der Waals surface area (Å²) in [6.07, 6.45) is 5.01. The van der Waals surface area contributed by atoms with Crippen LogP contribution in [0.15, 0.2) is 57.3 Å². The Bertz CT molecular complexity index is 1360. The van der Waals surface area contributed by atoms with Crippen LogP contribution in [0.4, 0.5) is 5.82 Å². The van der Waals surface area contributed by atoms with Crippen molar-refractivity contribution in [3.63, 3.8) is 0 Å². The maximum Gasteiger partial charge on any atom is 0.231 e. The molecule has 168 valence electrons. The molecule has 7 nitrogen and oxygen atoms in total. The minimum Gasteiger partial charge on any atom is -0.454 e. The van der Waals surface area contributed by atoms with E-state index in [-0.39, 0.29) is 12.8 Å². The molecular weight excluding hydrogens is 526 g/mol. The van der Waals surface area contributed by atoms with Crippen LogP contribution in [0.5, 0.6) is 11.5 Å². The van der Waals surface area contributed by atoms with Gasteiger partial charge in [0.2, 0.25) is 6.79 Å². The first kappa shape index (κ1) is 21.1. The molecule has 6 rings (SSSR count). The van der Waals surface area contributed by atoms with Crippen LogP contribution in [-0.2, 0) is 0 Å². The molecule has 3 heterocycles. The summed E-state index contributed by atoms with van der Waals surface area (Å²) in [7, 11) is 0. The molecule has 2 N–H and O–H groups in total. The van der Waals surface area contributed by atoms with Gasteiger partial charge in [0.25, 0.3) is 0 Å². The molecule has 2 aromatic carbocycles. The predicted molar refractivity (Wildman–Crippen MR) is 131 cm³/mol. The highest BCUT2D eigenvalue weighted by atomic mass is 79.9. The second-order valence-electron chi connectivity index (χ2n) is 8.12. The number of anilines is 1. The van der Waals surface area contributed by atoms with Crippen molar-refractivity contribution < 1.29 is 9.47 Å². The SMILES string of the molecule is Nc1ncnc2c1nc(Sc1cc3c(cc1Br)OCO3)n2C(c1ccc(Cl)cc1)C1CCC1. The number of nitrogen functional groups attached to an aromatic ring is 1. The molecule has 0 bridgehead atoms. The molecule has 1 fully saturated rings. The maximum atomic E-state index is 6.22. The number of rotatable bonds is 5. The zero-order chi connectivity index (χ0) is 22.5. The van der Waals surface area contributed by atoms with E-state index in [4.69, 9.17) is 31.8 Å². The average molecular weight is 545 g/mol. The Labute approximate surface area is 207 Å². The molecule has 2 aliphatic rings. The molecule has 1 aliphatic heterocycles. The molecule has 10 heteroatoms. The molecule has 2 aromatic heterocycles. The summed E-state index contributed by atoms with van der Waals surface area (Å²) >= 11 is 11.4. The van der Waals surface area contributed by atoms with Gasteiger partial charge < -0.3 is 15.2 Å². The maximum absolute atomic E-state index is 6.22. The lowest BCUT2D eigenvalue weighted by molar-refractivity contribution is 0.174. The van der Waals surface area contributed by atoms with Gasteiger partial charge in [0.15, 0.2) is 33.6 Å². The number of nitrogens with zero attached hydrogens (tertiary/aromatic N) is 4. The van der Waals surface area contributed by atoms with Crippen molar-refractivity contribution in [1.82, 2.24) is 19.5 Å². The van der Waals surface area contributed by atoms with Crippen LogP contribution in [0.2, 0.25) is 5.02 Å². The van der Waals surface area contributed by atoms with Gasteiger partial charge in [-0.05, 0) is 64.5 Å². The smallest absolute Gasteiger partial charge is 0.231 e. The van der Waals surface area contributed by atoms with E-state index in [9.17, 15) is 0 Å². The van der Waals surface area contributed by atoms with Crippen LogP contribution in [0.1, 0.15) is 30.9 Å². The van der Waals surface area contributed by atoms with Crippen molar-refractivity contribution in [3.8, 4) is 11.5 Å². The molecule has 33 heavy (non-hydrogen) atoms. The molecule has 1 atom stereocenters. The Morgan fingerprint density at radius 2 is 1.88 bits per heavy atom. The van der Waals surface area contributed by atoms with E-state index in [0.717, 1.165) is 44.5 Å². The Kier molecular flexibility index (Phi) is 5.35. The normalized spacial score (nSPS) is 16.2. The van der Waals surface area contributed by atoms with Crippen molar-refractivity contribution in [1.29, 1.82) is 0 Å². The number of ether oxygens (including phenoxy) is 2. The zero-order valence-electron chi connectivity index (χ0n) is 17.4. The van der Waals surface area contributed by atoms with Crippen molar-refractivity contribution >= 4 is 56.3 Å². The van der Waals surface area contributed by atoms with Crippen molar-refractivity contribution in [2.45, 2.75) is 35.4 Å². The van der Waals surface area contributed by atoms with E-state index < -0.39 is 0 Å². The summed E-state index contributed by atoms with van der Waals surface area (Å²) in [5.74, 6) is 2.28. The third kappa shape index (κ3) is 3.72.